The molecule has 0 aliphatic carbocycles. The number of carbonyl (C=O) groups is 2. The van der Waals surface area contributed by atoms with E-state index in [1.54, 1.807) is 25.1 Å². The van der Waals surface area contributed by atoms with Gasteiger partial charge in [-0.3, -0.25) is 9.59 Å². The van der Waals surface area contributed by atoms with Crippen LogP contribution >= 0.6 is 27.5 Å². The van der Waals surface area contributed by atoms with Crippen molar-refractivity contribution in [2.24, 2.45) is 0 Å². The molecule has 0 saturated carbocycles. The average molecular weight is 482 g/mol. The summed E-state index contributed by atoms with van der Waals surface area (Å²) in [4.78, 5) is 27.1. The highest BCUT2D eigenvalue weighted by molar-refractivity contribution is 9.10. The molecular weight excluding hydrogens is 456 g/mol. The van der Waals surface area contributed by atoms with Crippen molar-refractivity contribution in [3.05, 3.63) is 63.6 Å². The van der Waals surface area contributed by atoms with Gasteiger partial charge in [0.1, 0.15) is 11.8 Å². The summed E-state index contributed by atoms with van der Waals surface area (Å²) in [5.41, 5.74) is 0.936. The number of ether oxygens (including phenoxy) is 1. The third-order valence-electron chi connectivity index (χ3n) is 4.61. The molecular formula is C22H26BrClN2O3. The van der Waals surface area contributed by atoms with Crippen molar-refractivity contribution in [2.75, 3.05) is 6.61 Å². The molecule has 0 bridgehead atoms. The first kappa shape index (κ1) is 23.2. The van der Waals surface area contributed by atoms with Crippen molar-refractivity contribution >= 4 is 39.3 Å². The van der Waals surface area contributed by atoms with E-state index in [1.807, 2.05) is 44.2 Å². The van der Waals surface area contributed by atoms with Gasteiger partial charge in [0.25, 0.3) is 5.91 Å². The Morgan fingerprint density at radius 3 is 2.48 bits per heavy atom. The second kappa shape index (κ2) is 11.2. The van der Waals surface area contributed by atoms with Crippen LogP contribution in [0.15, 0.2) is 53.0 Å². The van der Waals surface area contributed by atoms with Crippen LogP contribution in [0.4, 0.5) is 0 Å². The SMILES string of the molecule is CC[C@H](C)NC(=O)[C@H](C)N(Cc1ccccc1)C(=O)COc1ccc(Br)cc1Cl. The Kier molecular flexibility index (Phi) is 8.99. The van der Waals surface area contributed by atoms with Crippen LogP contribution in [0, 0.1) is 0 Å². The number of nitrogens with zero attached hydrogens (tertiary/aromatic N) is 1. The standard InChI is InChI=1S/C22H26BrClN2O3/c1-4-15(2)25-22(28)16(3)26(13-17-8-6-5-7-9-17)21(27)14-29-20-11-10-18(23)12-19(20)24/h5-12,15-16H,4,13-14H2,1-3H3,(H,25,28)/t15-,16-/m0/s1. The van der Waals surface area contributed by atoms with Gasteiger partial charge in [-0.05, 0) is 44.0 Å². The van der Waals surface area contributed by atoms with Crippen molar-refractivity contribution < 1.29 is 14.3 Å². The van der Waals surface area contributed by atoms with Crippen LogP contribution in [-0.2, 0) is 16.1 Å². The van der Waals surface area contributed by atoms with Crippen molar-refractivity contribution in [2.45, 2.75) is 45.8 Å². The highest BCUT2D eigenvalue weighted by atomic mass is 79.9. The van der Waals surface area contributed by atoms with E-state index >= 15 is 0 Å². The fraction of sp³-hybridized carbons (Fsp3) is 0.364. The Morgan fingerprint density at radius 2 is 1.86 bits per heavy atom. The maximum atomic E-state index is 13.0. The van der Waals surface area contributed by atoms with Crippen LogP contribution < -0.4 is 10.1 Å². The summed E-state index contributed by atoms with van der Waals surface area (Å²) in [7, 11) is 0. The second-order valence-corrected chi connectivity index (χ2v) is 8.19. The zero-order valence-corrected chi connectivity index (χ0v) is 19.2. The predicted octanol–water partition coefficient (Wildman–Crippen LogP) is 4.81. The summed E-state index contributed by atoms with van der Waals surface area (Å²) in [6.45, 7) is 5.76. The molecule has 2 amide bonds. The van der Waals surface area contributed by atoms with Crippen molar-refractivity contribution in [1.29, 1.82) is 0 Å². The molecule has 0 fully saturated rings. The van der Waals surface area contributed by atoms with Crippen molar-refractivity contribution in [3.63, 3.8) is 0 Å². The van der Waals surface area contributed by atoms with Crippen LogP contribution in [0.2, 0.25) is 5.02 Å². The Bertz CT molecular complexity index is 832. The second-order valence-electron chi connectivity index (χ2n) is 6.86. The number of halogens is 2. The maximum Gasteiger partial charge on any atom is 0.261 e. The lowest BCUT2D eigenvalue weighted by Gasteiger charge is -2.29. The number of hydrogen-bond acceptors (Lipinski definition) is 3. The molecule has 2 aromatic carbocycles. The van der Waals surface area contributed by atoms with Gasteiger partial charge in [0.2, 0.25) is 5.91 Å². The summed E-state index contributed by atoms with van der Waals surface area (Å²) in [5.74, 6) is -0.0652. The molecule has 0 spiro atoms. The smallest absolute Gasteiger partial charge is 0.261 e. The highest BCUT2D eigenvalue weighted by Crippen LogP contribution is 2.27. The molecule has 2 aromatic rings. The number of benzene rings is 2. The van der Waals surface area contributed by atoms with E-state index in [1.165, 1.54) is 4.90 Å². The zero-order valence-electron chi connectivity index (χ0n) is 16.8. The Morgan fingerprint density at radius 1 is 1.17 bits per heavy atom. The molecule has 7 heteroatoms. The van der Waals surface area contributed by atoms with Gasteiger partial charge in [-0.2, -0.15) is 0 Å². The Balaban J connectivity index is 2.14. The molecule has 0 aliphatic rings. The van der Waals surface area contributed by atoms with Crippen LogP contribution in [0.1, 0.15) is 32.8 Å². The lowest BCUT2D eigenvalue weighted by atomic mass is 10.1. The van der Waals surface area contributed by atoms with Gasteiger partial charge in [-0.15, -0.1) is 0 Å². The first-order valence-corrected chi connectivity index (χ1v) is 10.7. The van der Waals surface area contributed by atoms with E-state index in [9.17, 15) is 9.59 Å². The molecule has 0 aliphatic heterocycles. The Hall–Kier alpha value is -2.05. The summed E-state index contributed by atoms with van der Waals surface area (Å²) in [6.07, 6.45) is 0.816. The number of nitrogens with one attached hydrogen (secondary N) is 1. The van der Waals surface area contributed by atoms with E-state index in [0.29, 0.717) is 17.3 Å². The lowest BCUT2D eigenvalue weighted by Crippen LogP contribution is -2.50. The highest BCUT2D eigenvalue weighted by Gasteiger charge is 2.27. The van der Waals surface area contributed by atoms with E-state index < -0.39 is 6.04 Å². The third kappa shape index (κ3) is 7.05. The van der Waals surface area contributed by atoms with E-state index in [0.717, 1.165) is 16.5 Å². The van der Waals surface area contributed by atoms with E-state index in [4.69, 9.17) is 16.3 Å². The molecule has 156 valence electrons. The van der Waals surface area contributed by atoms with Crippen LogP contribution in [-0.4, -0.2) is 35.4 Å². The third-order valence-corrected chi connectivity index (χ3v) is 5.40. The van der Waals surface area contributed by atoms with E-state index in [2.05, 4.69) is 21.2 Å². The first-order valence-electron chi connectivity index (χ1n) is 9.53. The number of amides is 2. The topological polar surface area (TPSA) is 58.6 Å². The molecule has 0 unspecified atom stereocenters. The minimum Gasteiger partial charge on any atom is -0.482 e. The summed E-state index contributed by atoms with van der Waals surface area (Å²) in [6, 6.07) is 14.1. The van der Waals surface area contributed by atoms with Gasteiger partial charge < -0.3 is 15.0 Å². The molecule has 0 heterocycles. The van der Waals surface area contributed by atoms with Crippen LogP contribution in [0.5, 0.6) is 5.75 Å². The van der Waals surface area contributed by atoms with Crippen LogP contribution in [0.25, 0.3) is 0 Å². The molecule has 0 aromatic heterocycles. The van der Waals surface area contributed by atoms with E-state index in [-0.39, 0.29) is 24.5 Å². The fourth-order valence-electron chi connectivity index (χ4n) is 2.64. The summed E-state index contributed by atoms with van der Waals surface area (Å²) >= 11 is 9.50. The molecule has 0 saturated heterocycles. The van der Waals surface area contributed by atoms with Gasteiger partial charge in [-0.1, -0.05) is 64.8 Å². The monoisotopic (exact) mass is 480 g/mol. The zero-order chi connectivity index (χ0) is 21.4. The van der Waals surface area contributed by atoms with Crippen molar-refractivity contribution in [3.8, 4) is 5.75 Å². The average Bonchev–Trinajstić information content (AvgIpc) is 2.71. The predicted molar refractivity (Wildman–Crippen MR) is 119 cm³/mol. The maximum absolute atomic E-state index is 13.0. The molecule has 1 N–H and O–H groups in total. The fourth-order valence-corrected chi connectivity index (χ4v) is 3.37. The first-order chi connectivity index (χ1) is 13.8. The Labute approximate surface area is 185 Å². The quantitative estimate of drug-likeness (QED) is 0.559. The molecule has 2 atom stereocenters. The summed E-state index contributed by atoms with van der Waals surface area (Å²) in [5, 5.41) is 3.35. The van der Waals surface area contributed by atoms with Gasteiger partial charge in [-0.25, -0.2) is 0 Å². The number of carbonyl (C=O) groups excluding carboxylic acids is 2. The normalized spacial score (nSPS) is 12.7. The number of rotatable bonds is 9. The summed E-state index contributed by atoms with van der Waals surface area (Å²) < 4.78 is 6.45. The minimum atomic E-state index is -0.638. The molecule has 0 radical (unpaired) electrons. The molecule has 29 heavy (non-hydrogen) atoms. The van der Waals surface area contributed by atoms with Gasteiger partial charge in [0.15, 0.2) is 6.61 Å². The molecule has 5 nitrogen and oxygen atoms in total. The van der Waals surface area contributed by atoms with Crippen LogP contribution in [0.3, 0.4) is 0 Å². The number of hydrogen-bond donors (Lipinski definition) is 1. The van der Waals surface area contributed by atoms with Gasteiger partial charge in [0, 0.05) is 17.1 Å². The van der Waals surface area contributed by atoms with Gasteiger partial charge >= 0.3 is 0 Å². The molecule has 2 rings (SSSR count). The lowest BCUT2D eigenvalue weighted by molar-refractivity contribution is -0.142. The van der Waals surface area contributed by atoms with Gasteiger partial charge in [0.05, 0.1) is 5.02 Å². The largest absolute Gasteiger partial charge is 0.482 e. The van der Waals surface area contributed by atoms with Crippen molar-refractivity contribution in [1.82, 2.24) is 10.2 Å². The minimum absolute atomic E-state index is 0.0384.